The number of carboxylic acid groups (broad SMARTS) is 1. The van der Waals surface area contributed by atoms with Gasteiger partial charge in [-0.25, -0.2) is 4.79 Å². The van der Waals surface area contributed by atoms with E-state index in [9.17, 15) is 44.1 Å². The Bertz CT molecular complexity index is 2400. The summed E-state index contributed by atoms with van der Waals surface area (Å²) < 4.78 is 0. The Kier molecular flexibility index (Phi) is 17.2. The second-order valence-corrected chi connectivity index (χ2v) is 18.0. The number of unbranched alkanes of at least 4 members (excludes halogenated alkanes) is 1. The molecule has 0 radical (unpaired) electrons. The summed E-state index contributed by atoms with van der Waals surface area (Å²) in [6, 6.07) is 19.4. The Labute approximate surface area is 391 Å². The lowest BCUT2D eigenvalue weighted by Crippen LogP contribution is -2.55. The van der Waals surface area contributed by atoms with Gasteiger partial charge in [-0.3, -0.25) is 24.0 Å². The number of likely N-dealkylation sites (N-methyl/N-ethyl adjacent to an activating group) is 1. The molecule has 1 aliphatic heterocycles. The Morgan fingerprint density at radius 3 is 2.07 bits per heavy atom. The van der Waals surface area contributed by atoms with Crippen molar-refractivity contribution in [3.05, 3.63) is 107 Å². The molecule has 1 saturated carbocycles. The van der Waals surface area contributed by atoms with E-state index in [0.29, 0.717) is 36.4 Å². The van der Waals surface area contributed by atoms with Crippen LogP contribution in [-0.4, -0.2) is 94.0 Å². The van der Waals surface area contributed by atoms with Crippen LogP contribution in [0, 0.1) is 5.92 Å². The molecular formula is C52H65N6O9+. The predicted octanol–water partition coefficient (Wildman–Crippen LogP) is 5.35. The molecule has 10 N–H and O–H groups in total. The summed E-state index contributed by atoms with van der Waals surface area (Å²) in [5, 5.41) is 42.5. The van der Waals surface area contributed by atoms with Gasteiger partial charge in [0.25, 0.3) is 5.91 Å². The van der Waals surface area contributed by atoms with Gasteiger partial charge in [-0.15, -0.1) is 0 Å². The molecule has 2 aliphatic rings. The summed E-state index contributed by atoms with van der Waals surface area (Å²) in [7, 11) is 1.38. The average Bonchev–Trinajstić information content (AvgIpc) is 3.32. The lowest BCUT2D eigenvalue weighted by atomic mass is 9.77. The Morgan fingerprint density at radius 1 is 0.806 bits per heavy atom. The molecule has 1 aliphatic carbocycles. The van der Waals surface area contributed by atoms with Crippen LogP contribution in [-0.2, 0) is 30.4 Å². The Balaban J connectivity index is 1.12. The molecular weight excluding hydrogens is 853 g/mol. The quantitative estimate of drug-likeness (QED) is 0.0675. The summed E-state index contributed by atoms with van der Waals surface area (Å²) in [4.78, 5) is 81.8. The zero-order valence-electron chi connectivity index (χ0n) is 38.7. The maximum Gasteiger partial charge on any atom is 0.326 e. The fraction of sp³-hybridized carbons (Fsp3) is 0.423. The van der Waals surface area contributed by atoms with Crippen molar-refractivity contribution in [2.24, 2.45) is 5.92 Å². The largest absolute Gasteiger partial charge is 0.507 e. The van der Waals surface area contributed by atoms with Crippen LogP contribution >= 0.6 is 0 Å². The van der Waals surface area contributed by atoms with Gasteiger partial charge in [0.2, 0.25) is 23.6 Å². The minimum Gasteiger partial charge on any atom is -0.507 e. The van der Waals surface area contributed by atoms with Crippen LogP contribution in [0.15, 0.2) is 84.9 Å². The van der Waals surface area contributed by atoms with Crippen molar-refractivity contribution < 1.29 is 49.8 Å². The van der Waals surface area contributed by atoms with Gasteiger partial charge in [-0.1, -0.05) is 68.3 Å². The van der Waals surface area contributed by atoms with Gasteiger partial charge < -0.3 is 47.2 Å². The van der Waals surface area contributed by atoms with Crippen molar-refractivity contribution in [3.8, 4) is 33.8 Å². The summed E-state index contributed by atoms with van der Waals surface area (Å²) in [5.41, 5.74) is 8.63. The number of benzene rings is 4. The summed E-state index contributed by atoms with van der Waals surface area (Å²) in [6.45, 7) is 4.21. The molecule has 1 fully saturated rings. The van der Waals surface area contributed by atoms with Crippen LogP contribution in [0.3, 0.4) is 0 Å². The van der Waals surface area contributed by atoms with Crippen molar-refractivity contribution in [1.82, 2.24) is 26.2 Å². The SMILES string of the molecule is CCCC1CCC(c2ccc(-c3ccc(C(=O)NCCC(=O)N[C@@H](CCCC[NH3+])C(=O)N(C)[C@@H]4C(=O)N[C@@H](C)C(=O)N[C@H](C(=O)O)Cc5ccc(O)c(c5)-c5cc4ccc5O)cc3)cc2)CC1. The molecule has 4 atom stereocenters. The van der Waals surface area contributed by atoms with Crippen LogP contribution in [0.5, 0.6) is 11.5 Å². The van der Waals surface area contributed by atoms with E-state index in [-0.39, 0.29) is 59.9 Å². The average molecular weight is 918 g/mol. The number of hydrogen-bond acceptors (Lipinski definition) is 8. The van der Waals surface area contributed by atoms with Crippen molar-refractivity contribution in [2.45, 2.75) is 115 Å². The molecule has 356 valence electrons. The molecule has 4 aromatic rings. The van der Waals surface area contributed by atoms with Gasteiger partial charge in [0.1, 0.15) is 35.7 Å². The number of amides is 5. The number of aliphatic carboxylic acids is 1. The number of rotatable bonds is 16. The van der Waals surface area contributed by atoms with E-state index in [0.717, 1.165) is 21.9 Å². The van der Waals surface area contributed by atoms with Crippen LogP contribution < -0.4 is 27.0 Å². The highest BCUT2D eigenvalue weighted by Gasteiger charge is 2.36. The van der Waals surface area contributed by atoms with Crippen LogP contribution in [0.4, 0.5) is 0 Å². The van der Waals surface area contributed by atoms with E-state index in [4.69, 9.17) is 0 Å². The second kappa shape index (κ2) is 23.1. The molecule has 0 unspecified atom stereocenters. The maximum atomic E-state index is 14.4. The highest BCUT2D eigenvalue weighted by molar-refractivity contribution is 5.97. The fourth-order valence-corrected chi connectivity index (χ4v) is 9.27. The smallest absolute Gasteiger partial charge is 0.326 e. The number of hydrogen-bond donors (Lipinski definition) is 8. The topological polar surface area (TPSA) is 242 Å². The number of nitrogens with one attached hydrogen (secondary N) is 4. The minimum absolute atomic E-state index is 0.0120. The zero-order chi connectivity index (χ0) is 48.2. The first kappa shape index (κ1) is 49.7. The van der Waals surface area contributed by atoms with Gasteiger partial charge in [0.15, 0.2) is 0 Å². The molecule has 67 heavy (non-hydrogen) atoms. The maximum absolute atomic E-state index is 14.4. The van der Waals surface area contributed by atoms with Gasteiger partial charge in [-0.05, 0) is 128 Å². The van der Waals surface area contributed by atoms with Crippen molar-refractivity contribution in [3.63, 3.8) is 0 Å². The van der Waals surface area contributed by atoms with E-state index in [2.05, 4.69) is 58.2 Å². The van der Waals surface area contributed by atoms with E-state index in [1.807, 2.05) is 12.1 Å². The second-order valence-electron chi connectivity index (χ2n) is 18.0. The summed E-state index contributed by atoms with van der Waals surface area (Å²) in [5.74, 6) is -3.45. The number of aromatic hydroxyl groups is 2. The van der Waals surface area contributed by atoms with Crippen LogP contribution in [0.2, 0.25) is 0 Å². The monoisotopic (exact) mass is 917 g/mol. The number of phenols is 2. The molecule has 1 heterocycles. The van der Waals surface area contributed by atoms with E-state index >= 15 is 0 Å². The number of phenolic OH excluding ortho intramolecular Hbond substituents is 2. The van der Waals surface area contributed by atoms with Crippen molar-refractivity contribution in [2.75, 3.05) is 20.1 Å². The summed E-state index contributed by atoms with van der Waals surface area (Å²) in [6.07, 6.45) is 8.71. The number of carbonyl (C=O) groups excluding carboxylic acids is 5. The van der Waals surface area contributed by atoms with Crippen molar-refractivity contribution >= 4 is 35.5 Å². The number of carboxylic acids is 1. The standard InChI is InChI=1S/C52H64N6O9/c1-4-7-32-9-12-34(13-10-32)35-14-16-36(17-15-35)37-18-20-38(21-19-37)49(63)54-27-25-46(61)56-42(8-5-6-26-53)51(65)58(3)47-39-22-24-45(60)41(30-39)40-28-33(11-23-44(40)59)29-43(52(66)67)57-48(62)31(2)55-50(47)64/h11,14-24,28,30-32,34,42-43,47,59-60H,4-10,12-13,25-27,29,53H2,1-3H3,(H,54,63)(H,55,64)(H,56,61)(H,57,62)(H,66,67)/p+1/t31-,32?,34?,42-,43-,47-/m0/s1. The van der Waals surface area contributed by atoms with Crippen LogP contribution in [0.25, 0.3) is 22.3 Å². The Morgan fingerprint density at radius 2 is 1.43 bits per heavy atom. The number of quaternary nitrogens is 1. The molecule has 4 aromatic carbocycles. The highest BCUT2D eigenvalue weighted by atomic mass is 16.4. The van der Waals surface area contributed by atoms with Gasteiger partial charge in [-0.2, -0.15) is 0 Å². The number of nitrogens with zero attached hydrogens (tertiary/aromatic N) is 1. The lowest BCUT2D eigenvalue weighted by Gasteiger charge is -2.32. The first-order valence-electron chi connectivity index (χ1n) is 23.5. The third-order valence-electron chi connectivity index (χ3n) is 13.1. The lowest BCUT2D eigenvalue weighted by molar-refractivity contribution is -0.368. The molecule has 5 amide bonds. The first-order valence-corrected chi connectivity index (χ1v) is 23.5. The number of carbonyl (C=O) groups is 6. The Hall–Kier alpha value is -6.74. The van der Waals surface area contributed by atoms with E-state index in [1.165, 1.54) is 94.5 Å². The summed E-state index contributed by atoms with van der Waals surface area (Å²) >= 11 is 0. The van der Waals surface area contributed by atoms with Crippen LogP contribution in [0.1, 0.15) is 117 Å². The molecule has 15 heteroatoms. The normalized spacial score (nSPS) is 20.0. The third-order valence-corrected chi connectivity index (χ3v) is 13.1. The van der Waals surface area contributed by atoms with Gasteiger partial charge in [0.05, 0.1) is 6.54 Å². The number of fused-ring (bicyclic) bond motifs is 5. The van der Waals surface area contributed by atoms with Gasteiger partial charge >= 0.3 is 5.97 Å². The molecule has 6 rings (SSSR count). The minimum atomic E-state index is -1.43. The molecule has 15 nitrogen and oxygen atoms in total. The first-order chi connectivity index (χ1) is 32.2. The third kappa shape index (κ3) is 12.8. The molecule has 0 spiro atoms. The fourth-order valence-electron chi connectivity index (χ4n) is 9.27. The zero-order valence-corrected chi connectivity index (χ0v) is 38.7. The molecule has 0 aromatic heterocycles. The van der Waals surface area contributed by atoms with Crippen molar-refractivity contribution in [1.29, 1.82) is 0 Å². The van der Waals surface area contributed by atoms with Gasteiger partial charge in [0, 0.05) is 43.1 Å². The van der Waals surface area contributed by atoms with E-state index in [1.54, 1.807) is 12.1 Å². The predicted molar refractivity (Wildman–Crippen MR) is 254 cm³/mol. The van der Waals surface area contributed by atoms with E-state index < -0.39 is 53.8 Å². The molecule has 0 saturated heterocycles. The highest BCUT2D eigenvalue weighted by Crippen LogP contribution is 2.40. The molecule has 4 bridgehead atoms.